The monoisotopic (exact) mass is 331 g/mol. The molecule has 0 aliphatic heterocycles. The van der Waals surface area contributed by atoms with Crippen LogP contribution in [0, 0.1) is 0 Å². The minimum atomic E-state index is 0.266. The first-order valence-corrected chi connectivity index (χ1v) is 7.15. The predicted octanol–water partition coefficient (Wildman–Crippen LogP) is 3.72. The Balaban J connectivity index is 1.90. The van der Waals surface area contributed by atoms with E-state index in [0.29, 0.717) is 15.7 Å². The van der Waals surface area contributed by atoms with E-state index in [0.717, 1.165) is 11.3 Å². The molecule has 3 rings (SSSR count). The Morgan fingerprint density at radius 1 is 1.14 bits per heavy atom. The number of nitrogens with zero attached hydrogens (tertiary/aromatic N) is 4. The minimum absolute atomic E-state index is 0.266. The van der Waals surface area contributed by atoms with Gasteiger partial charge in [0.05, 0.1) is 23.1 Å². The Bertz CT molecular complexity index is 827. The molecular formula is C15H11Cl2N5. The standard InChI is InChI=1S/C15H11Cl2N5/c16-11-5-4-10(12(17)7-11)8-20-22-9-14(21-15(22)18)13-3-1-2-6-19-13/h1-9H,(H2,18,21)/b20-8+. The zero-order valence-electron chi connectivity index (χ0n) is 11.3. The van der Waals surface area contributed by atoms with Gasteiger partial charge in [-0.15, -0.1) is 0 Å². The summed E-state index contributed by atoms with van der Waals surface area (Å²) in [7, 11) is 0. The van der Waals surface area contributed by atoms with Crippen LogP contribution < -0.4 is 5.73 Å². The molecule has 0 radical (unpaired) electrons. The number of aromatic nitrogens is 3. The number of rotatable bonds is 3. The van der Waals surface area contributed by atoms with Gasteiger partial charge >= 0.3 is 0 Å². The van der Waals surface area contributed by atoms with E-state index in [1.54, 1.807) is 36.8 Å². The number of nitrogens with two attached hydrogens (primary N) is 1. The van der Waals surface area contributed by atoms with Crippen molar-refractivity contribution in [2.75, 3.05) is 5.73 Å². The largest absolute Gasteiger partial charge is 0.368 e. The molecule has 0 amide bonds. The lowest BCUT2D eigenvalue weighted by atomic mass is 10.2. The third-order valence-corrected chi connectivity index (χ3v) is 3.49. The van der Waals surface area contributed by atoms with Crippen LogP contribution in [-0.4, -0.2) is 20.9 Å². The summed E-state index contributed by atoms with van der Waals surface area (Å²) in [5.41, 5.74) is 7.98. The maximum atomic E-state index is 6.09. The SMILES string of the molecule is Nc1nc(-c2ccccn2)cn1/N=C/c1ccc(Cl)cc1Cl. The van der Waals surface area contributed by atoms with Crippen molar-refractivity contribution in [3.8, 4) is 11.4 Å². The number of hydrogen-bond donors (Lipinski definition) is 1. The van der Waals surface area contributed by atoms with Crippen molar-refractivity contribution in [1.29, 1.82) is 0 Å². The van der Waals surface area contributed by atoms with E-state index >= 15 is 0 Å². The normalized spacial score (nSPS) is 11.2. The van der Waals surface area contributed by atoms with Gasteiger partial charge < -0.3 is 5.73 Å². The Labute approximate surface area is 137 Å². The zero-order chi connectivity index (χ0) is 15.5. The van der Waals surface area contributed by atoms with Crippen molar-refractivity contribution in [3.63, 3.8) is 0 Å². The lowest BCUT2D eigenvalue weighted by molar-refractivity contribution is 0.898. The van der Waals surface area contributed by atoms with Crippen LogP contribution >= 0.6 is 23.2 Å². The topological polar surface area (TPSA) is 69.1 Å². The van der Waals surface area contributed by atoms with Gasteiger partial charge in [0.15, 0.2) is 0 Å². The Hall–Kier alpha value is -2.37. The Morgan fingerprint density at radius 3 is 2.73 bits per heavy atom. The molecule has 0 spiro atoms. The van der Waals surface area contributed by atoms with Crippen molar-refractivity contribution >= 4 is 35.4 Å². The smallest absolute Gasteiger partial charge is 0.221 e. The second kappa shape index (κ2) is 6.17. The van der Waals surface area contributed by atoms with Crippen molar-refractivity contribution in [2.45, 2.75) is 0 Å². The summed E-state index contributed by atoms with van der Waals surface area (Å²) < 4.78 is 1.47. The molecule has 0 bridgehead atoms. The van der Waals surface area contributed by atoms with E-state index in [9.17, 15) is 0 Å². The first-order valence-electron chi connectivity index (χ1n) is 6.39. The van der Waals surface area contributed by atoms with Gasteiger partial charge in [0, 0.05) is 16.8 Å². The molecule has 0 aliphatic carbocycles. The van der Waals surface area contributed by atoms with Crippen LogP contribution in [0.15, 0.2) is 53.9 Å². The van der Waals surface area contributed by atoms with E-state index in [-0.39, 0.29) is 5.95 Å². The second-order valence-corrected chi connectivity index (χ2v) is 5.30. The first-order chi connectivity index (χ1) is 10.6. The number of halogens is 2. The number of pyridine rings is 1. The Kier molecular flexibility index (Phi) is 4.09. The average molecular weight is 332 g/mol. The highest BCUT2D eigenvalue weighted by Gasteiger charge is 2.07. The fourth-order valence-electron chi connectivity index (χ4n) is 1.85. The van der Waals surface area contributed by atoms with Gasteiger partial charge in [-0.25, -0.2) is 9.66 Å². The molecule has 5 nitrogen and oxygen atoms in total. The summed E-state index contributed by atoms with van der Waals surface area (Å²) in [4.78, 5) is 8.47. The van der Waals surface area contributed by atoms with Gasteiger partial charge in [-0.1, -0.05) is 35.3 Å². The van der Waals surface area contributed by atoms with E-state index in [1.807, 2.05) is 18.2 Å². The quantitative estimate of drug-likeness (QED) is 0.743. The lowest BCUT2D eigenvalue weighted by Gasteiger charge is -1.99. The van der Waals surface area contributed by atoms with Gasteiger partial charge in [-0.2, -0.15) is 5.10 Å². The molecule has 3 aromatic rings. The highest BCUT2D eigenvalue weighted by atomic mass is 35.5. The molecular weight excluding hydrogens is 321 g/mol. The van der Waals surface area contributed by atoms with Crippen molar-refractivity contribution in [3.05, 3.63) is 64.4 Å². The molecule has 2 aromatic heterocycles. The molecule has 0 fully saturated rings. The van der Waals surface area contributed by atoms with Crippen LogP contribution in [0.5, 0.6) is 0 Å². The number of nitrogen functional groups attached to an aromatic ring is 1. The molecule has 2 heterocycles. The summed E-state index contributed by atoms with van der Waals surface area (Å²) in [5, 5.41) is 5.35. The summed E-state index contributed by atoms with van der Waals surface area (Å²) in [5.74, 6) is 0.266. The average Bonchev–Trinajstić information content (AvgIpc) is 2.88. The molecule has 7 heteroatoms. The third kappa shape index (κ3) is 3.10. The summed E-state index contributed by atoms with van der Waals surface area (Å²) in [6.45, 7) is 0. The van der Waals surface area contributed by atoms with Gasteiger partial charge in [-0.05, 0) is 24.3 Å². The van der Waals surface area contributed by atoms with Crippen molar-refractivity contribution in [2.24, 2.45) is 5.10 Å². The number of anilines is 1. The summed E-state index contributed by atoms with van der Waals surface area (Å²) >= 11 is 12.0. The number of imidazole rings is 1. The summed E-state index contributed by atoms with van der Waals surface area (Å²) in [6.07, 6.45) is 5.00. The van der Waals surface area contributed by atoms with E-state index in [1.165, 1.54) is 4.68 Å². The van der Waals surface area contributed by atoms with Crippen LogP contribution in [0.25, 0.3) is 11.4 Å². The summed E-state index contributed by atoms with van der Waals surface area (Å²) in [6, 6.07) is 10.7. The predicted molar refractivity (Wildman–Crippen MR) is 89.3 cm³/mol. The molecule has 0 aliphatic rings. The fourth-order valence-corrected chi connectivity index (χ4v) is 2.30. The molecule has 110 valence electrons. The first kappa shape index (κ1) is 14.6. The van der Waals surface area contributed by atoms with Gasteiger partial charge in [0.25, 0.3) is 0 Å². The Morgan fingerprint density at radius 2 is 2.00 bits per heavy atom. The molecule has 0 unspecified atom stereocenters. The lowest BCUT2D eigenvalue weighted by Crippen LogP contribution is -1.97. The van der Waals surface area contributed by atoms with Crippen LogP contribution in [0.4, 0.5) is 5.95 Å². The number of hydrogen-bond acceptors (Lipinski definition) is 4. The molecule has 22 heavy (non-hydrogen) atoms. The second-order valence-electron chi connectivity index (χ2n) is 4.45. The van der Waals surface area contributed by atoms with E-state index in [2.05, 4.69) is 15.1 Å². The maximum absolute atomic E-state index is 6.09. The molecule has 1 aromatic carbocycles. The van der Waals surface area contributed by atoms with E-state index < -0.39 is 0 Å². The van der Waals surface area contributed by atoms with Gasteiger partial charge in [-0.3, -0.25) is 4.98 Å². The van der Waals surface area contributed by atoms with Crippen LogP contribution in [0.3, 0.4) is 0 Å². The van der Waals surface area contributed by atoms with Crippen LogP contribution in [-0.2, 0) is 0 Å². The maximum Gasteiger partial charge on any atom is 0.221 e. The highest BCUT2D eigenvalue weighted by molar-refractivity contribution is 6.36. The molecule has 0 saturated heterocycles. The zero-order valence-corrected chi connectivity index (χ0v) is 12.8. The van der Waals surface area contributed by atoms with Crippen molar-refractivity contribution in [1.82, 2.24) is 14.6 Å². The van der Waals surface area contributed by atoms with Crippen molar-refractivity contribution < 1.29 is 0 Å². The molecule has 2 N–H and O–H groups in total. The molecule has 0 atom stereocenters. The van der Waals surface area contributed by atoms with Crippen LogP contribution in [0.2, 0.25) is 10.0 Å². The minimum Gasteiger partial charge on any atom is -0.368 e. The van der Waals surface area contributed by atoms with Crippen LogP contribution in [0.1, 0.15) is 5.56 Å². The van der Waals surface area contributed by atoms with E-state index in [4.69, 9.17) is 28.9 Å². The van der Waals surface area contributed by atoms with Gasteiger partial charge in [0.2, 0.25) is 5.95 Å². The number of benzene rings is 1. The third-order valence-electron chi connectivity index (χ3n) is 2.93. The fraction of sp³-hybridized carbons (Fsp3) is 0. The molecule has 0 saturated carbocycles. The highest BCUT2D eigenvalue weighted by Crippen LogP contribution is 2.20. The van der Waals surface area contributed by atoms with Gasteiger partial charge in [0.1, 0.15) is 5.69 Å².